The molecule has 0 amide bonds. The predicted molar refractivity (Wildman–Crippen MR) is 76.2 cm³/mol. The van der Waals surface area contributed by atoms with Crippen LogP contribution in [0.15, 0.2) is 12.1 Å². The van der Waals surface area contributed by atoms with E-state index in [4.69, 9.17) is 9.47 Å². The van der Waals surface area contributed by atoms with Crippen molar-refractivity contribution in [2.45, 2.75) is 25.8 Å². The molecule has 7 heteroatoms. The van der Waals surface area contributed by atoms with E-state index >= 15 is 0 Å². The zero-order valence-corrected chi connectivity index (χ0v) is 12.1. The molecule has 0 aromatic heterocycles. The smallest absolute Gasteiger partial charge is 0.313 e. The number of nitro groups is 1. The number of hydrogen-bond donors (Lipinski definition) is 1. The van der Waals surface area contributed by atoms with E-state index in [2.05, 4.69) is 5.32 Å². The summed E-state index contributed by atoms with van der Waals surface area (Å²) in [5.74, 6) is -0.219. The van der Waals surface area contributed by atoms with Crippen molar-refractivity contribution >= 4 is 11.4 Å². The highest BCUT2D eigenvalue weighted by Gasteiger charge is 2.24. The molecule has 1 atom stereocenters. The van der Waals surface area contributed by atoms with Gasteiger partial charge in [-0.05, 0) is 25.7 Å². The van der Waals surface area contributed by atoms with Crippen molar-refractivity contribution in [3.63, 3.8) is 0 Å². The summed E-state index contributed by atoms with van der Waals surface area (Å²) in [7, 11) is 1.33. The lowest BCUT2D eigenvalue weighted by Crippen LogP contribution is -2.31. The van der Waals surface area contributed by atoms with Gasteiger partial charge < -0.3 is 14.8 Å². The van der Waals surface area contributed by atoms with E-state index in [-0.39, 0.29) is 23.2 Å². The van der Waals surface area contributed by atoms with Crippen LogP contribution in [0.3, 0.4) is 0 Å². The molecule has 6 nitrogen and oxygen atoms in total. The number of rotatable bonds is 5. The summed E-state index contributed by atoms with van der Waals surface area (Å²) < 4.78 is 24.3. The van der Waals surface area contributed by atoms with Crippen LogP contribution >= 0.6 is 0 Å². The predicted octanol–water partition coefficient (Wildman–Crippen LogP) is 2.97. The number of anilines is 1. The number of nitro benzene ring substituents is 1. The van der Waals surface area contributed by atoms with E-state index in [1.807, 2.05) is 6.92 Å². The lowest BCUT2D eigenvalue weighted by atomic mass is 9.93. The van der Waals surface area contributed by atoms with Crippen molar-refractivity contribution in [2.75, 3.05) is 25.6 Å². The molecule has 1 saturated heterocycles. The van der Waals surface area contributed by atoms with Gasteiger partial charge in [0.1, 0.15) is 0 Å². The van der Waals surface area contributed by atoms with Crippen LogP contribution in [0.2, 0.25) is 0 Å². The number of halogens is 1. The summed E-state index contributed by atoms with van der Waals surface area (Å²) in [6.07, 6.45) is 1.83. The molecule has 0 spiro atoms. The summed E-state index contributed by atoms with van der Waals surface area (Å²) in [6.45, 7) is 3.40. The average molecular weight is 298 g/mol. The molecule has 0 aliphatic carbocycles. The second-order valence-electron chi connectivity index (χ2n) is 5.14. The van der Waals surface area contributed by atoms with Gasteiger partial charge in [0.05, 0.1) is 23.8 Å². The molecule has 1 heterocycles. The SMILES string of the molecule is COc1cc(NC(C)C2CCOCC2)c(F)cc1[N+](=O)[O-]. The molecule has 1 unspecified atom stereocenters. The van der Waals surface area contributed by atoms with Crippen molar-refractivity contribution in [1.29, 1.82) is 0 Å². The average Bonchev–Trinajstić information content (AvgIpc) is 2.49. The number of benzene rings is 1. The summed E-state index contributed by atoms with van der Waals surface area (Å²) in [5.41, 5.74) is -0.157. The van der Waals surface area contributed by atoms with Gasteiger partial charge in [0.25, 0.3) is 0 Å². The van der Waals surface area contributed by atoms with Gasteiger partial charge in [0.15, 0.2) is 11.6 Å². The van der Waals surface area contributed by atoms with Gasteiger partial charge in [0, 0.05) is 25.3 Å². The second kappa shape index (κ2) is 6.71. The van der Waals surface area contributed by atoms with E-state index in [1.54, 1.807) is 0 Å². The quantitative estimate of drug-likeness (QED) is 0.668. The maximum absolute atomic E-state index is 14.0. The van der Waals surface area contributed by atoms with E-state index in [9.17, 15) is 14.5 Å². The third kappa shape index (κ3) is 3.60. The molecule has 1 fully saturated rings. The Kier molecular flexibility index (Phi) is 4.95. The minimum absolute atomic E-state index is 0.0445. The molecular formula is C14H19FN2O4. The monoisotopic (exact) mass is 298 g/mol. The third-order valence-electron chi connectivity index (χ3n) is 3.82. The maximum Gasteiger partial charge on any atom is 0.313 e. The molecule has 1 N–H and O–H groups in total. The first kappa shape index (κ1) is 15.5. The van der Waals surface area contributed by atoms with Gasteiger partial charge in [-0.1, -0.05) is 0 Å². The first-order chi connectivity index (χ1) is 10.0. The van der Waals surface area contributed by atoms with Crippen molar-refractivity contribution in [3.05, 3.63) is 28.1 Å². The van der Waals surface area contributed by atoms with Crippen LogP contribution in [0.4, 0.5) is 15.8 Å². The number of ether oxygens (including phenoxy) is 2. The van der Waals surface area contributed by atoms with Gasteiger partial charge >= 0.3 is 5.69 Å². The summed E-state index contributed by atoms with van der Waals surface area (Å²) in [4.78, 5) is 10.2. The van der Waals surface area contributed by atoms with E-state index < -0.39 is 10.7 Å². The van der Waals surface area contributed by atoms with Crippen molar-refractivity contribution < 1.29 is 18.8 Å². The van der Waals surface area contributed by atoms with Crippen molar-refractivity contribution in [2.24, 2.45) is 5.92 Å². The zero-order valence-electron chi connectivity index (χ0n) is 12.1. The summed E-state index contributed by atoms with van der Waals surface area (Å²) in [6, 6.07) is 2.27. The molecule has 0 radical (unpaired) electrons. The third-order valence-corrected chi connectivity index (χ3v) is 3.82. The van der Waals surface area contributed by atoms with Crippen molar-refractivity contribution in [3.8, 4) is 5.75 Å². The number of nitrogens with one attached hydrogen (secondary N) is 1. The minimum Gasteiger partial charge on any atom is -0.490 e. The Morgan fingerprint density at radius 1 is 1.48 bits per heavy atom. The molecule has 2 rings (SSSR count). The Hall–Kier alpha value is -1.89. The fraction of sp³-hybridized carbons (Fsp3) is 0.571. The van der Waals surface area contributed by atoms with Crippen molar-refractivity contribution in [1.82, 2.24) is 0 Å². The molecular weight excluding hydrogens is 279 g/mol. The first-order valence-electron chi connectivity index (χ1n) is 6.89. The molecule has 21 heavy (non-hydrogen) atoms. The van der Waals surface area contributed by atoms with Gasteiger partial charge in [-0.15, -0.1) is 0 Å². The standard InChI is InChI=1S/C14H19FN2O4/c1-9(10-3-5-21-6-4-10)16-12-8-14(20-2)13(17(18)19)7-11(12)15/h7-10,16H,3-6H2,1-2H3. The van der Waals surface area contributed by atoms with E-state index in [0.29, 0.717) is 19.1 Å². The normalized spacial score (nSPS) is 17.3. The highest BCUT2D eigenvalue weighted by Crippen LogP contribution is 2.33. The fourth-order valence-electron chi connectivity index (χ4n) is 2.54. The largest absolute Gasteiger partial charge is 0.490 e. The maximum atomic E-state index is 14.0. The molecule has 1 aromatic rings. The Balaban J connectivity index is 2.17. The zero-order chi connectivity index (χ0) is 15.4. The van der Waals surface area contributed by atoms with Crippen LogP contribution in [0, 0.1) is 21.8 Å². The minimum atomic E-state index is -0.659. The Bertz CT molecular complexity index is 518. The van der Waals surface area contributed by atoms with Crippen LogP contribution in [-0.2, 0) is 4.74 Å². The first-order valence-corrected chi connectivity index (χ1v) is 6.89. The Labute approximate surface area is 122 Å². The second-order valence-corrected chi connectivity index (χ2v) is 5.14. The molecule has 0 bridgehead atoms. The Morgan fingerprint density at radius 2 is 2.14 bits per heavy atom. The molecule has 1 aromatic carbocycles. The molecule has 0 saturated carbocycles. The lowest BCUT2D eigenvalue weighted by molar-refractivity contribution is -0.385. The number of methoxy groups -OCH3 is 1. The number of hydrogen-bond acceptors (Lipinski definition) is 5. The van der Waals surface area contributed by atoms with Gasteiger partial charge in [-0.25, -0.2) is 4.39 Å². The molecule has 1 aliphatic heterocycles. The summed E-state index contributed by atoms with van der Waals surface area (Å²) in [5, 5.41) is 13.9. The lowest BCUT2D eigenvalue weighted by Gasteiger charge is -2.29. The number of nitrogens with zero attached hydrogens (tertiary/aromatic N) is 1. The fourth-order valence-corrected chi connectivity index (χ4v) is 2.54. The highest BCUT2D eigenvalue weighted by atomic mass is 19.1. The van der Waals surface area contributed by atoms with Gasteiger partial charge in [-0.3, -0.25) is 10.1 Å². The van der Waals surface area contributed by atoms with Crippen LogP contribution in [0.1, 0.15) is 19.8 Å². The van der Waals surface area contributed by atoms with Crippen LogP contribution < -0.4 is 10.1 Å². The van der Waals surface area contributed by atoms with E-state index in [0.717, 1.165) is 18.9 Å². The van der Waals surface area contributed by atoms with Gasteiger partial charge in [0.2, 0.25) is 0 Å². The van der Waals surface area contributed by atoms with Gasteiger partial charge in [-0.2, -0.15) is 0 Å². The molecule has 116 valence electrons. The Morgan fingerprint density at radius 3 is 2.71 bits per heavy atom. The summed E-state index contributed by atoms with van der Waals surface area (Å²) >= 11 is 0. The van der Waals surface area contributed by atoms with Crippen LogP contribution in [-0.4, -0.2) is 31.3 Å². The molecule has 1 aliphatic rings. The topological polar surface area (TPSA) is 73.6 Å². The van der Waals surface area contributed by atoms with Crippen LogP contribution in [0.25, 0.3) is 0 Å². The van der Waals surface area contributed by atoms with E-state index in [1.165, 1.54) is 13.2 Å². The van der Waals surface area contributed by atoms with Crippen LogP contribution in [0.5, 0.6) is 5.75 Å². The highest BCUT2D eigenvalue weighted by molar-refractivity contribution is 5.59.